The van der Waals surface area contributed by atoms with Crippen molar-refractivity contribution < 1.29 is 29.3 Å². The number of aliphatic hydroxyl groups excluding tert-OH is 2. The Labute approximate surface area is 245 Å². The van der Waals surface area contributed by atoms with E-state index in [1.807, 2.05) is 0 Å². The van der Waals surface area contributed by atoms with Crippen LogP contribution in [0.5, 0.6) is 0 Å². The second kappa shape index (κ2) is 41.1. The summed E-state index contributed by atoms with van der Waals surface area (Å²) in [6.45, 7) is 10.9. The first kappa shape index (κ1) is 42.1. The standard InChI is InChI=1S/C12H18O2.2C10H21NO2/c13-11-9-7-5-3-1-2-4-6-8-10-12-14;2*1-3-5-6-7-8-9-11-10(12)13-4-2/h13-14H,5-12H2;2*3-9H2,1-2H3,(H,11,12). The third kappa shape index (κ3) is 45.5. The van der Waals surface area contributed by atoms with Gasteiger partial charge in [-0.15, -0.1) is 0 Å². The molecule has 8 heteroatoms. The molecule has 4 N–H and O–H groups in total. The quantitative estimate of drug-likeness (QED) is 0.0956. The summed E-state index contributed by atoms with van der Waals surface area (Å²) >= 11 is 0. The number of carbonyl (C=O) groups excluding carboxylic acids is 2. The summed E-state index contributed by atoms with van der Waals surface area (Å²) in [5.74, 6) is 11.4. The van der Waals surface area contributed by atoms with Crippen molar-refractivity contribution in [3.8, 4) is 23.7 Å². The first-order valence-corrected chi connectivity index (χ1v) is 15.5. The van der Waals surface area contributed by atoms with Crippen LogP contribution in [0.15, 0.2) is 0 Å². The molecule has 40 heavy (non-hydrogen) atoms. The molecule has 0 aromatic rings. The zero-order valence-corrected chi connectivity index (χ0v) is 26.1. The number of ether oxygens (including phenoxy) is 2. The third-order valence-electron chi connectivity index (χ3n) is 5.31. The van der Waals surface area contributed by atoms with Crippen LogP contribution in [0.1, 0.15) is 130 Å². The summed E-state index contributed by atoms with van der Waals surface area (Å²) in [4.78, 5) is 21.6. The van der Waals surface area contributed by atoms with Crippen LogP contribution >= 0.6 is 0 Å². The maximum atomic E-state index is 10.8. The van der Waals surface area contributed by atoms with E-state index in [4.69, 9.17) is 19.7 Å². The average Bonchev–Trinajstić information content (AvgIpc) is 2.95. The zero-order valence-electron chi connectivity index (χ0n) is 26.1. The van der Waals surface area contributed by atoms with Gasteiger partial charge < -0.3 is 30.3 Å². The van der Waals surface area contributed by atoms with Crippen LogP contribution in [-0.2, 0) is 9.47 Å². The van der Waals surface area contributed by atoms with E-state index in [2.05, 4.69) is 48.2 Å². The summed E-state index contributed by atoms with van der Waals surface area (Å²) in [5, 5.41) is 22.4. The minimum atomic E-state index is -0.294. The largest absolute Gasteiger partial charge is 0.450 e. The molecule has 0 fully saturated rings. The van der Waals surface area contributed by atoms with Gasteiger partial charge in [0, 0.05) is 39.1 Å². The topological polar surface area (TPSA) is 117 Å². The average molecular weight is 569 g/mol. The summed E-state index contributed by atoms with van der Waals surface area (Å²) in [6.07, 6.45) is 16.7. The fourth-order valence-electron chi connectivity index (χ4n) is 3.07. The number of carbonyl (C=O) groups is 2. The summed E-state index contributed by atoms with van der Waals surface area (Å²) < 4.78 is 9.44. The maximum absolute atomic E-state index is 10.8. The predicted octanol–water partition coefficient (Wildman–Crippen LogP) is 6.72. The lowest BCUT2D eigenvalue weighted by Gasteiger charge is -2.04. The van der Waals surface area contributed by atoms with Crippen molar-refractivity contribution in [3.63, 3.8) is 0 Å². The molecule has 0 atom stereocenters. The molecule has 8 nitrogen and oxygen atoms in total. The van der Waals surface area contributed by atoms with Gasteiger partial charge in [-0.05, 0) is 64.2 Å². The van der Waals surface area contributed by atoms with Crippen molar-refractivity contribution in [1.29, 1.82) is 0 Å². The Bertz CT molecular complexity index is 593. The molecule has 0 heterocycles. The number of unbranched alkanes of at least 4 members (excludes halogenated alkanes) is 12. The van der Waals surface area contributed by atoms with E-state index in [1.165, 1.54) is 51.4 Å². The molecule has 0 aliphatic rings. The molecule has 234 valence electrons. The van der Waals surface area contributed by atoms with Crippen LogP contribution in [0.4, 0.5) is 9.59 Å². The predicted molar refractivity (Wildman–Crippen MR) is 165 cm³/mol. The Morgan fingerprint density at radius 3 is 1.25 bits per heavy atom. The second-order valence-electron chi connectivity index (χ2n) is 9.09. The van der Waals surface area contributed by atoms with Crippen molar-refractivity contribution in [1.82, 2.24) is 10.6 Å². The summed E-state index contributed by atoms with van der Waals surface area (Å²) in [5.41, 5.74) is 0. The van der Waals surface area contributed by atoms with Gasteiger partial charge in [0.25, 0.3) is 0 Å². The van der Waals surface area contributed by atoms with E-state index in [0.29, 0.717) is 13.2 Å². The van der Waals surface area contributed by atoms with Gasteiger partial charge in [-0.25, -0.2) is 9.59 Å². The van der Waals surface area contributed by atoms with Gasteiger partial charge in [0.2, 0.25) is 0 Å². The Kier molecular flexibility index (Phi) is 43.2. The Balaban J connectivity index is -0.000000514. The second-order valence-corrected chi connectivity index (χ2v) is 9.09. The number of alkyl carbamates (subject to hydrolysis) is 2. The van der Waals surface area contributed by atoms with Gasteiger partial charge in [-0.2, -0.15) is 0 Å². The van der Waals surface area contributed by atoms with E-state index in [9.17, 15) is 9.59 Å². The fourth-order valence-corrected chi connectivity index (χ4v) is 3.07. The van der Waals surface area contributed by atoms with Gasteiger partial charge in [-0.1, -0.05) is 77.1 Å². The van der Waals surface area contributed by atoms with Crippen molar-refractivity contribution in [2.75, 3.05) is 39.5 Å². The van der Waals surface area contributed by atoms with Crippen LogP contribution < -0.4 is 10.6 Å². The highest BCUT2D eigenvalue weighted by Crippen LogP contribution is 2.02. The van der Waals surface area contributed by atoms with E-state index >= 15 is 0 Å². The summed E-state index contributed by atoms with van der Waals surface area (Å²) in [6, 6.07) is 0. The Morgan fingerprint density at radius 2 is 0.925 bits per heavy atom. The fraction of sp³-hybridized carbons (Fsp3) is 0.812. The molecule has 0 aromatic heterocycles. The van der Waals surface area contributed by atoms with Crippen LogP contribution in [-0.4, -0.2) is 61.9 Å². The lowest BCUT2D eigenvalue weighted by Crippen LogP contribution is -2.25. The van der Waals surface area contributed by atoms with Crippen molar-refractivity contribution >= 4 is 12.2 Å². The van der Waals surface area contributed by atoms with Gasteiger partial charge in [0.05, 0.1) is 13.2 Å². The van der Waals surface area contributed by atoms with E-state index in [-0.39, 0.29) is 25.4 Å². The molecule has 0 saturated carbocycles. The molecular weight excluding hydrogens is 508 g/mol. The number of rotatable bonds is 20. The van der Waals surface area contributed by atoms with Crippen LogP contribution in [0.3, 0.4) is 0 Å². The zero-order chi connectivity index (χ0) is 30.4. The molecule has 0 bridgehead atoms. The molecule has 0 aliphatic heterocycles. The van der Waals surface area contributed by atoms with Crippen LogP contribution in [0, 0.1) is 23.7 Å². The number of hydrogen-bond donors (Lipinski definition) is 4. The highest BCUT2D eigenvalue weighted by Gasteiger charge is 1.98. The first-order chi connectivity index (χ1) is 19.5. The minimum absolute atomic E-state index is 0.245. The van der Waals surface area contributed by atoms with Crippen LogP contribution in [0.25, 0.3) is 0 Å². The molecule has 0 saturated heterocycles. The normalized spacial score (nSPS) is 9.25. The van der Waals surface area contributed by atoms with E-state index in [0.717, 1.165) is 64.5 Å². The van der Waals surface area contributed by atoms with Gasteiger partial charge in [0.1, 0.15) is 0 Å². The highest BCUT2D eigenvalue weighted by molar-refractivity contribution is 5.67. The van der Waals surface area contributed by atoms with Gasteiger partial charge in [0.15, 0.2) is 0 Å². The Morgan fingerprint density at radius 1 is 0.550 bits per heavy atom. The smallest absolute Gasteiger partial charge is 0.407 e. The monoisotopic (exact) mass is 568 g/mol. The Hall–Kier alpha value is -2.42. The lowest BCUT2D eigenvalue weighted by atomic mass is 10.1. The SMILES string of the molecule is CCCCCCCNC(=O)OCC.CCCCCCCNC(=O)OCC.OCCCCC#CC#CCCCCO. The van der Waals surface area contributed by atoms with E-state index < -0.39 is 0 Å². The molecule has 0 unspecified atom stereocenters. The minimum Gasteiger partial charge on any atom is -0.450 e. The maximum Gasteiger partial charge on any atom is 0.407 e. The number of amides is 2. The molecular formula is C32H60N2O6. The van der Waals surface area contributed by atoms with Crippen molar-refractivity contribution in [2.45, 2.75) is 130 Å². The van der Waals surface area contributed by atoms with Gasteiger partial charge in [-0.3, -0.25) is 0 Å². The molecule has 0 spiro atoms. The highest BCUT2D eigenvalue weighted by atomic mass is 16.6. The van der Waals surface area contributed by atoms with Crippen molar-refractivity contribution in [3.05, 3.63) is 0 Å². The number of nitrogens with one attached hydrogen (secondary N) is 2. The lowest BCUT2D eigenvalue weighted by molar-refractivity contribution is 0.151. The summed E-state index contributed by atoms with van der Waals surface area (Å²) in [7, 11) is 0. The van der Waals surface area contributed by atoms with E-state index in [1.54, 1.807) is 13.8 Å². The number of hydrogen-bond acceptors (Lipinski definition) is 6. The number of aliphatic hydroxyl groups is 2. The third-order valence-corrected chi connectivity index (χ3v) is 5.31. The molecule has 0 rings (SSSR count). The first-order valence-electron chi connectivity index (χ1n) is 15.5. The molecule has 0 aliphatic carbocycles. The molecule has 0 aromatic carbocycles. The van der Waals surface area contributed by atoms with Crippen LogP contribution in [0.2, 0.25) is 0 Å². The van der Waals surface area contributed by atoms with Crippen molar-refractivity contribution in [2.24, 2.45) is 0 Å². The molecule has 0 radical (unpaired) electrons. The van der Waals surface area contributed by atoms with Gasteiger partial charge >= 0.3 is 12.2 Å². The molecule has 2 amide bonds.